The number of rotatable bonds is 5. The van der Waals surface area contributed by atoms with Crippen molar-refractivity contribution in [1.82, 2.24) is 14.7 Å². The number of piperazine rings is 1. The van der Waals surface area contributed by atoms with Crippen LogP contribution in [0.25, 0.3) is 0 Å². The molecular formula is C14H23N3O2S. The number of hydrogen-bond acceptors (Lipinski definition) is 5. The first-order valence-corrected chi connectivity index (χ1v) is 7.87. The molecule has 5 nitrogen and oxygen atoms in total. The van der Waals surface area contributed by atoms with Crippen molar-refractivity contribution >= 4 is 17.2 Å². The summed E-state index contributed by atoms with van der Waals surface area (Å²) in [6.07, 6.45) is -0.494. The second kappa shape index (κ2) is 7.17. The molecule has 20 heavy (non-hydrogen) atoms. The minimum absolute atomic E-state index is 0.0244. The van der Waals surface area contributed by atoms with Crippen LogP contribution in [-0.2, 0) is 0 Å². The SMILES string of the molecule is CN1CCN(CC(O)CN(C)C(=O)c2ccsc2)CC1. The van der Waals surface area contributed by atoms with E-state index in [4.69, 9.17) is 0 Å². The molecule has 0 radical (unpaired) electrons. The van der Waals surface area contributed by atoms with Gasteiger partial charge >= 0.3 is 0 Å². The van der Waals surface area contributed by atoms with E-state index in [0.717, 1.165) is 26.2 Å². The lowest BCUT2D eigenvalue weighted by Crippen LogP contribution is -2.48. The van der Waals surface area contributed by atoms with Crippen molar-refractivity contribution in [2.45, 2.75) is 6.10 Å². The van der Waals surface area contributed by atoms with Gasteiger partial charge in [0, 0.05) is 51.7 Å². The Morgan fingerprint density at radius 3 is 2.75 bits per heavy atom. The predicted octanol–water partition coefficient (Wildman–Crippen LogP) is 0.428. The van der Waals surface area contributed by atoms with E-state index in [1.165, 1.54) is 11.3 Å². The number of thiophene rings is 1. The van der Waals surface area contributed by atoms with Crippen molar-refractivity contribution in [2.75, 3.05) is 53.4 Å². The second-order valence-electron chi connectivity index (χ2n) is 5.46. The van der Waals surface area contributed by atoms with E-state index in [0.29, 0.717) is 18.7 Å². The summed E-state index contributed by atoms with van der Waals surface area (Å²) in [5, 5.41) is 13.9. The minimum atomic E-state index is -0.494. The Balaban J connectivity index is 1.76. The molecule has 0 aromatic carbocycles. The fourth-order valence-electron chi connectivity index (χ4n) is 2.39. The van der Waals surface area contributed by atoms with Crippen LogP contribution in [0.1, 0.15) is 10.4 Å². The molecule has 112 valence electrons. The third-order valence-electron chi connectivity index (χ3n) is 3.66. The lowest BCUT2D eigenvalue weighted by Gasteiger charge is -2.34. The Bertz CT molecular complexity index is 416. The molecule has 6 heteroatoms. The van der Waals surface area contributed by atoms with Crippen LogP contribution in [0.2, 0.25) is 0 Å². The molecule has 1 saturated heterocycles. The summed E-state index contributed by atoms with van der Waals surface area (Å²) in [5.74, 6) is -0.0244. The highest BCUT2D eigenvalue weighted by Gasteiger charge is 2.20. The molecule has 1 aromatic heterocycles. The van der Waals surface area contributed by atoms with E-state index in [9.17, 15) is 9.90 Å². The molecule has 1 unspecified atom stereocenters. The molecule has 0 spiro atoms. The maximum absolute atomic E-state index is 12.1. The summed E-state index contributed by atoms with van der Waals surface area (Å²) in [5.41, 5.74) is 0.698. The predicted molar refractivity (Wildman–Crippen MR) is 81.2 cm³/mol. The van der Waals surface area contributed by atoms with Crippen LogP contribution in [0.5, 0.6) is 0 Å². The average molecular weight is 297 g/mol. The van der Waals surface area contributed by atoms with Crippen molar-refractivity contribution in [1.29, 1.82) is 0 Å². The van der Waals surface area contributed by atoms with Crippen LogP contribution in [0.3, 0.4) is 0 Å². The first-order valence-electron chi connectivity index (χ1n) is 6.93. The molecule has 0 saturated carbocycles. The van der Waals surface area contributed by atoms with Gasteiger partial charge in [-0.25, -0.2) is 0 Å². The lowest BCUT2D eigenvalue weighted by atomic mass is 10.2. The van der Waals surface area contributed by atoms with E-state index >= 15 is 0 Å². The van der Waals surface area contributed by atoms with Crippen LogP contribution in [0, 0.1) is 0 Å². The largest absolute Gasteiger partial charge is 0.390 e. The lowest BCUT2D eigenvalue weighted by molar-refractivity contribution is 0.0502. The third kappa shape index (κ3) is 4.28. The van der Waals surface area contributed by atoms with Gasteiger partial charge in [-0.2, -0.15) is 11.3 Å². The number of nitrogens with zero attached hydrogens (tertiary/aromatic N) is 3. The van der Waals surface area contributed by atoms with Crippen molar-refractivity contribution < 1.29 is 9.90 Å². The number of carbonyl (C=O) groups excluding carboxylic acids is 1. The molecule has 2 rings (SSSR count). The van der Waals surface area contributed by atoms with Crippen LogP contribution < -0.4 is 0 Å². The molecule has 1 fully saturated rings. The zero-order valence-electron chi connectivity index (χ0n) is 12.2. The molecule has 2 heterocycles. The molecule has 1 amide bonds. The van der Waals surface area contributed by atoms with Crippen LogP contribution in [-0.4, -0.2) is 85.2 Å². The van der Waals surface area contributed by atoms with Gasteiger partial charge in [-0.3, -0.25) is 9.69 Å². The number of aliphatic hydroxyl groups is 1. The van der Waals surface area contributed by atoms with Gasteiger partial charge in [0.15, 0.2) is 0 Å². The zero-order chi connectivity index (χ0) is 14.5. The second-order valence-corrected chi connectivity index (χ2v) is 6.24. The van der Waals surface area contributed by atoms with Gasteiger partial charge in [-0.15, -0.1) is 0 Å². The molecule has 1 aliphatic rings. The van der Waals surface area contributed by atoms with E-state index in [1.807, 2.05) is 16.8 Å². The maximum atomic E-state index is 12.1. The van der Waals surface area contributed by atoms with Crippen molar-refractivity contribution in [3.63, 3.8) is 0 Å². The average Bonchev–Trinajstić information content (AvgIpc) is 2.94. The summed E-state index contributed by atoms with van der Waals surface area (Å²) in [4.78, 5) is 18.2. The Morgan fingerprint density at radius 2 is 2.15 bits per heavy atom. The molecule has 1 aromatic rings. The van der Waals surface area contributed by atoms with Gasteiger partial charge in [0.25, 0.3) is 5.91 Å². The molecule has 1 N–H and O–H groups in total. The van der Waals surface area contributed by atoms with E-state index in [2.05, 4.69) is 16.8 Å². The molecule has 1 aliphatic heterocycles. The summed E-state index contributed by atoms with van der Waals surface area (Å²) >= 11 is 1.51. The smallest absolute Gasteiger partial charge is 0.254 e. The summed E-state index contributed by atoms with van der Waals surface area (Å²) in [6.45, 7) is 5.05. The van der Waals surface area contributed by atoms with Gasteiger partial charge < -0.3 is 14.9 Å². The first-order chi connectivity index (χ1) is 9.56. The highest BCUT2D eigenvalue weighted by molar-refractivity contribution is 7.08. The number of amides is 1. The van der Waals surface area contributed by atoms with Gasteiger partial charge in [-0.1, -0.05) is 0 Å². The monoisotopic (exact) mass is 297 g/mol. The number of hydrogen-bond donors (Lipinski definition) is 1. The van der Waals surface area contributed by atoms with Crippen molar-refractivity contribution in [2.24, 2.45) is 0 Å². The minimum Gasteiger partial charge on any atom is -0.390 e. The number of carbonyl (C=O) groups is 1. The first kappa shape index (κ1) is 15.4. The third-order valence-corrected chi connectivity index (χ3v) is 4.35. The van der Waals surface area contributed by atoms with Gasteiger partial charge in [0.2, 0.25) is 0 Å². The maximum Gasteiger partial charge on any atom is 0.254 e. The summed E-state index contributed by atoms with van der Waals surface area (Å²) in [7, 11) is 3.86. The Morgan fingerprint density at radius 1 is 1.45 bits per heavy atom. The van der Waals surface area contributed by atoms with E-state index < -0.39 is 6.10 Å². The number of aliphatic hydroxyl groups excluding tert-OH is 1. The van der Waals surface area contributed by atoms with Crippen LogP contribution in [0.15, 0.2) is 16.8 Å². The van der Waals surface area contributed by atoms with Gasteiger partial charge in [0.05, 0.1) is 11.7 Å². The van der Waals surface area contributed by atoms with Gasteiger partial charge in [0.1, 0.15) is 0 Å². The zero-order valence-corrected chi connectivity index (χ0v) is 13.0. The van der Waals surface area contributed by atoms with Gasteiger partial charge in [-0.05, 0) is 18.5 Å². The summed E-state index contributed by atoms with van der Waals surface area (Å²) < 4.78 is 0. The topological polar surface area (TPSA) is 47.0 Å². The molecule has 1 atom stereocenters. The Kier molecular flexibility index (Phi) is 5.54. The fraction of sp³-hybridized carbons (Fsp3) is 0.643. The van der Waals surface area contributed by atoms with E-state index in [-0.39, 0.29) is 5.91 Å². The quantitative estimate of drug-likeness (QED) is 0.856. The summed E-state index contributed by atoms with van der Waals surface area (Å²) in [6, 6.07) is 1.82. The van der Waals surface area contributed by atoms with Crippen LogP contribution in [0.4, 0.5) is 0 Å². The number of β-amino-alcohol motifs (C(OH)–C–C–N with tert-alkyl or cyclic N) is 1. The number of likely N-dealkylation sites (N-methyl/N-ethyl adjacent to an activating group) is 2. The Hall–Kier alpha value is -0.950. The fourth-order valence-corrected chi connectivity index (χ4v) is 3.02. The van der Waals surface area contributed by atoms with Crippen molar-refractivity contribution in [3.05, 3.63) is 22.4 Å². The van der Waals surface area contributed by atoms with Crippen LogP contribution >= 0.6 is 11.3 Å². The highest BCUT2D eigenvalue weighted by Crippen LogP contribution is 2.09. The molecule has 0 aliphatic carbocycles. The normalized spacial score (nSPS) is 18.9. The van der Waals surface area contributed by atoms with E-state index in [1.54, 1.807) is 11.9 Å². The standard InChI is InChI=1S/C14H23N3O2S/c1-15-4-6-17(7-5-15)10-13(18)9-16(2)14(19)12-3-8-20-11-12/h3,8,11,13,18H,4-7,9-10H2,1-2H3. The molecular weight excluding hydrogens is 274 g/mol. The molecule has 0 bridgehead atoms. The van der Waals surface area contributed by atoms with Crippen molar-refractivity contribution in [3.8, 4) is 0 Å². The highest BCUT2D eigenvalue weighted by atomic mass is 32.1. The Labute approximate surface area is 124 Å².